The molecule has 0 fully saturated rings. The summed E-state index contributed by atoms with van der Waals surface area (Å²) in [5.41, 5.74) is 3.42. The molecule has 2 aliphatic heterocycles. The van der Waals surface area contributed by atoms with E-state index in [4.69, 9.17) is 4.74 Å². The van der Waals surface area contributed by atoms with E-state index < -0.39 is 11.7 Å². The van der Waals surface area contributed by atoms with Gasteiger partial charge in [-0.2, -0.15) is 13.2 Å². The Kier molecular flexibility index (Phi) is 5.52. The number of nitrogens with zero attached hydrogens (tertiary/aromatic N) is 1. The fourth-order valence-electron chi connectivity index (χ4n) is 4.09. The van der Waals surface area contributed by atoms with Crippen LogP contribution in [0.3, 0.4) is 0 Å². The van der Waals surface area contributed by atoms with Crippen LogP contribution in [-0.4, -0.2) is 31.0 Å². The van der Waals surface area contributed by atoms with Crippen molar-refractivity contribution >= 4 is 17.3 Å². The second-order valence-corrected chi connectivity index (χ2v) is 7.52. The molecule has 2 aliphatic rings. The van der Waals surface area contributed by atoms with Crippen LogP contribution in [0, 0.1) is 0 Å². The molecule has 0 spiro atoms. The van der Waals surface area contributed by atoms with Crippen molar-refractivity contribution in [1.82, 2.24) is 10.2 Å². The molecule has 2 heterocycles. The molecular formula is C24H23F3N2O2. The first-order chi connectivity index (χ1) is 14.9. The molecule has 0 aliphatic carbocycles. The Morgan fingerprint density at radius 3 is 2.45 bits per heavy atom. The number of carbonyl (C=O) groups excluding carboxylic acids is 1. The number of alkyl halides is 3. The minimum atomic E-state index is -4.40. The van der Waals surface area contributed by atoms with Crippen LogP contribution < -0.4 is 10.1 Å². The number of unbranched alkanes of at least 4 members (excludes halogenated alkanes) is 1. The molecule has 0 saturated carbocycles. The van der Waals surface area contributed by atoms with Crippen LogP contribution in [0.2, 0.25) is 0 Å². The van der Waals surface area contributed by atoms with Gasteiger partial charge in [-0.05, 0) is 36.2 Å². The Balaban J connectivity index is 1.84. The minimum Gasteiger partial charge on any atom is -0.496 e. The van der Waals surface area contributed by atoms with Gasteiger partial charge in [0.15, 0.2) is 0 Å². The summed E-state index contributed by atoms with van der Waals surface area (Å²) in [5, 5.41) is 3.23. The lowest BCUT2D eigenvalue weighted by Crippen LogP contribution is -2.28. The average molecular weight is 428 g/mol. The van der Waals surface area contributed by atoms with Crippen molar-refractivity contribution in [3.63, 3.8) is 0 Å². The van der Waals surface area contributed by atoms with Gasteiger partial charge in [0.1, 0.15) is 5.75 Å². The summed E-state index contributed by atoms with van der Waals surface area (Å²) in [6.07, 6.45) is -2.63. The van der Waals surface area contributed by atoms with Gasteiger partial charge in [-0.15, -0.1) is 0 Å². The monoisotopic (exact) mass is 428 g/mol. The maximum absolute atomic E-state index is 13.5. The highest BCUT2D eigenvalue weighted by atomic mass is 19.4. The van der Waals surface area contributed by atoms with E-state index in [0.717, 1.165) is 41.8 Å². The number of amides is 1. The SMILES string of the molecule is CCCCN1C(=O)C2=C(c3ccc(C(F)(F)F)cc3)NCC2=C1c1ccccc1OC. The number of nitrogens with one attached hydrogen (secondary N) is 1. The Morgan fingerprint density at radius 1 is 1.10 bits per heavy atom. The third-order valence-corrected chi connectivity index (χ3v) is 5.61. The summed E-state index contributed by atoms with van der Waals surface area (Å²) in [6.45, 7) is 3.05. The summed E-state index contributed by atoms with van der Waals surface area (Å²) in [6, 6.07) is 12.5. The Bertz CT molecular complexity index is 1070. The van der Waals surface area contributed by atoms with Gasteiger partial charge in [0, 0.05) is 24.2 Å². The van der Waals surface area contributed by atoms with Crippen LogP contribution in [-0.2, 0) is 11.0 Å². The van der Waals surface area contributed by atoms with E-state index in [1.165, 1.54) is 12.1 Å². The molecule has 4 rings (SSSR count). The molecule has 4 nitrogen and oxygen atoms in total. The first-order valence-corrected chi connectivity index (χ1v) is 10.2. The minimum absolute atomic E-state index is 0.135. The van der Waals surface area contributed by atoms with E-state index in [-0.39, 0.29) is 5.91 Å². The first-order valence-electron chi connectivity index (χ1n) is 10.2. The topological polar surface area (TPSA) is 41.6 Å². The first kappa shape index (κ1) is 21.0. The summed E-state index contributed by atoms with van der Waals surface area (Å²) >= 11 is 0. The summed E-state index contributed by atoms with van der Waals surface area (Å²) in [4.78, 5) is 15.2. The van der Waals surface area contributed by atoms with Gasteiger partial charge >= 0.3 is 6.18 Å². The van der Waals surface area contributed by atoms with Gasteiger partial charge < -0.3 is 15.0 Å². The van der Waals surface area contributed by atoms with E-state index in [0.29, 0.717) is 35.7 Å². The van der Waals surface area contributed by atoms with Crippen LogP contribution in [0.1, 0.15) is 36.5 Å². The van der Waals surface area contributed by atoms with Crippen LogP contribution in [0.15, 0.2) is 59.7 Å². The van der Waals surface area contributed by atoms with E-state index in [2.05, 4.69) is 12.2 Å². The number of halogens is 3. The van der Waals surface area contributed by atoms with Crippen molar-refractivity contribution in [3.8, 4) is 5.75 Å². The molecule has 0 radical (unpaired) electrons. The van der Waals surface area contributed by atoms with E-state index in [1.807, 2.05) is 24.3 Å². The van der Waals surface area contributed by atoms with Crippen LogP contribution >= 0.6 is 0 Å². The van der Waals surface area contributed by atoms with E-state index in [1.54, 1.807) is 12.0 Å². The summed E-state index contributed by atoms with van der Waals surface area (Å²) in [5.74, 6) is 0.535. The molecular weight excluding hydrogens is 405 g/mol. The highest BCUT2D eigenvalue weighted by Crippen LogP contribution is 2.44. The number of carbonyl (C=O) groups is 1. The van der Waals surface area contributed by atoms with Crippen LogP contribution in [0.5, 0.6) is 5.75 Å². The lowest BCUT2D eigenvalue weighted by atomic mass is 10.0. The number of fused-ring (bicyclic) bond motifs is 1. The number of benzene rings is 2. The molecule has 2 aromatic carbocycles. The van der Waals surface area contributed by atoms with Gasteiger partial charge in [-0.3, -0.25) is 4.79 Å². The number of ether oxygens (including phenoxy) is 1. The maximum atomic E-state index is 13.5. The van der Waals surface area contributed by atoms with E-state index >= 15 is 0 Å². The zero-order valence-electron chi connectivity index (χ0n) is 17.3. The number of hydrogen-bond donors (Lipinski definition) is 1. The lowest BCUT2D eigenvalue weighted by Gasteiger charge is -2.23. The summed E-state index contributed by atoms with van der Waals surface area (Å²) in [7, 11) is 1.59. The summed E-state index contributed by atoms with van der Waals surface area (Å²) < 4.78 is 44.4. The van der Waals surface area contributed by atoms with Crippen LogP contribution in [0.25, 0.3) is 11.4 Å². The zero-order valence-corrected chi connectivity index (χ0v) is 17.3. The zero-order chi connectivity index (χ0) is 22.2. The van der Waals surface area contributed by atoms with Crippen molar-refractivity contribution in [2.75, 3.05) is 20.2 Å². The Morgan fingerprint density at radius 2 is 1.81 bits per heavy atom. The highest BCUT2D eigenvalue weighted by molar-refractivity contribution is 6.16. The van der Waals surface area contributed by atoms with Gasteiger partial charge in [0.05, 0.1) is 29.6 Å². The third-order valence-electron chi connectivity index (χ3n) is 5.61. The predicted molar refractivity (Wildman–Crippen MR) is 113 cm³/mol. The van der Waals surface area contributed by atoms with Crippen molar-refractivity contribution in [2.24, 2.45) is 0 Å². The van der Waals surface area contributed by atoms with Gasteiger partial charge in [0.2, 0.25) is 0 Å². The molecule has 0 unspecified atom stereocenters. The molecule has 0 aromatic heterocycles. The molecule has 0 saturated heterocycles. The second-order valence-electron chi connectivity index (χ2n) is 7.52. The van der Waals surface area contributed by atoms with Crippen molar-refractivity contribution < 1.29 is 22.7 Å². The maximum Gasteiger partial charge on any atom is 0.416 e. The van der Waals surface area contributed by atoms with Gasteiger partial charge in [0.25, 0.3) is 5.91 Å². The Labute approximate surface area is 179 Å². The standard InChI is InChI=1S/C24H23F3N2O2/c1-3-4-13-29-22(17-7-5-6-8-19(17)31-2)18-14-28-21(20(18)23(29)30)15-9-11-16(12-10-15)24(25,26)27/h5-12,28H,3-4,13-14H2,1-2H3. The lowest BCUT2D eigenvalue weighted by molar-refractivity contribution is -0.137. The molecule has 2 aromatic rings. The second kappa shape index (κ2) is 8.13. The normalized spacial score (nSPS) is 16.2. The third kappa shape index (κ3) is 3.69. The fraction of sp³-hybridized carbons (Fsp3) is 0.292. The van der Waals surface area contributed by atoms with Gasteiger partial charge in [-0.25, -0.2) is 0 Å². The fourth-order valence-corrected chi connectivity index (χ4v) is 4.09. The molecule has 31 heavy (non-hydrogen) atoms. The van der Waals surface area contributed by atoms with Crippen LogP contribution in [0.4, 0.5) is 13.2 Å². The average Bonchev–Trinajstić information content (AvgIpc) is 3.30. The number of rotatable bonds is 6. The molecule has 0 atom stereocenters. The van der Waals surface area contributed by atoms with E-state index in [9.17, 15) is 18.0 Å². The number of para-hydroxylation sites is 1. The van der Waals surface area contributed by atoms with Gasteiger partial charge in [-0.1, -0.05) is 37.6 Å². The van der Waals surface area contributed by atoms with Crippen molar-refractivity contribution in [2.45, 2.75) is 25.9 Å². The van der Waals surface area contributed by atoms with Crippen molar-refractivity contribution in [3.05, 3.63) is 76.4 Å². The largest absolute Gasteiger partial charge is 0.496 e. The molecule has 1 amide bonds. The molecule has 1 N–H and O–H groups in total. The molecule has 162 valence electrons. The smallest absolute Gasteiger partial charge is 0.416 e. The quantitative estimate of drug-likeness (QED) is 0.698. The highest BCUT2D eigenvalue weighted by Gasteiger charge is 2.41. The van der Waals surface area contributed by atoms with Crippen molar-refractivity contribution in [1.29, 1.82) is 0 Å². The predicted octanol–water partition coefficient (Wildman–Crippen LogP) is 5.08. The molecule has 7 heteroatoms. The Hall–Kier alpha value is -3.22. The number of methoxy groups -OCH3 is 1. The number of hydrogen-bond acceptors (Lipinski definition) is 3. The molecule has 0 bridgehead atoms.